The number of hydrogen-bond donors (Lipinski definition) is 2. The Hall–Kier alpha value is -0.330. The van der Waals surface area contributed by atoms with Gasteiger partial charge < -0.3 is 15.2 Å². The minimum Gasteiger partial charge on any atom is -0.506 e. The lowest BCUT2D eigenvalue weighted by atomic mass is 9.85. The molecule has 1 atom stereocenters. The molecule has 0 spiro atoms. The van der Waals surface area contributed by atoms with Crippen LogP contribution < -0.4 is 5.32 Å². The number of piperazine rings is 1. The molecule has 0 saturated carbocycles. The van der Waals surface area contributed by atoms with Gasteiger partial charge in [-0.3, -0.25) is 4.90 Å². The summed E-state index contributed by atoms with van der Waals surface area (Å²) >= 11 is 9.91. The highest BCUT2D eigenvalue weighted by Gasteiger charge is 2.34. The number of phenolic OH excluding ortho intramolecular Hbond substituents is 1. The molecular weight excluding hydrogens is 368 g/mol. The van der Waals surface area contributed by atoms with E-state index in [-0.39, 0.29) is 11.8 Å². The second kappa shape index (κ2) is 7.49. The average Bonchev–Trinajstić information content (AvgIpc) is 2.57. The lowest BCUT2D eigenvalue weighted by Crippen LogP contribution is -2.47. The smallest absolute Gasteiger partial charge is 0.136 e. The van der Waals surface area contributed by atoms with E-state index in [4.69, 9.17) is 16.3 Å². The number of halogens is 2. The Morgan fingerprint density at radius 2 is 1.95 bits per heavy atom. The van der Waals surface area contributed by atoms with Crippen molar-refractivity contribution in [2.24, 2.45) is 5.92 Å². The van der Waals surface area contributed by atoms with Gasteiger partial charge in [0.25, 0.3) is 0 Å². The molecule has 1 aromatic carbocycles. The third-order valence-corrected chi connectivity index (χ3v) is 5.64. The SMILES string of the molecule is Oc1c(Br)ccc(Cl)c1[C@@H](C1CCOCC1)N1CCNCC1. The number of nitrogens with zero attached hydrogens (tertiary/aromatic N) is 1. The second-order valence-corrected chi connectivity index (χ2v) is 7.23. The van der Waals surface area contributed by atoms with Gasteiger partial charge in [0.05, 0.1) is 4.47 Å². The third-order valence-electron chi connectivity index (χ3n) is 4.67. The molecule has 2 heterocycles. The van der Waals surface area contributed by atoms with E-state index in [2.05, 4.69) is 26.1 Å². The van der Waals surface area contributed by atoms with Gasteiger partial charge in [0, 0.05) is 56.0 Å². The molecular formula is C16H22BrClN2O2. The van der Waals surface area contributed by atoms with E-state index < -0.39 is 0 Å². The van der Waals surface area contributed by atoms with Crippen molar-refractivity contribution in [3.63, 3.8) is 0 Å². The first-order chi connectivity index (χ1) is 10.7. The summed E-state index contributed by atoms with van der Waals surface area (Å²) in [4.78, 5) is 2.46. The van der Waals surface area contributed by atoms with Crippen LogP contribution in [0.15, 0.2) is 16.6 Å². The Morgan fingerprint density at radius 1 is 1.27 bits per heavy atom. The molecule has 3 rings (SSSR count). The van der Waals surface area contributed by atoms with Crippen molar-refractivity contribution in [3.05, 3.63) is 27.2 Å². The van der Waals surface area contributed by atoms with E-state index >= 15 is 0 Å². The lowest BCUT2D eigenvalue weighted by molar-refractivity contribution is 0.0206. The predicted molar refractivity (Wildman–Crippen MR) is 91.5 cm³/mol. The van der Waals surface area contributed by atoms with E-state index in [0.29, 0.717) is 15.4 Å². The fourth-order valence-corrected chi connectivity index (χ4v) is 4.16. The summed E-state index contributed by atoms with van der Waals surface area (Å²) in [6.07, 6.45) is 2.02. The standard InChI is InChI=1S/C16H22BrClN2O2/c17-12-1-2-13(18)14(16(12)21)15(11-3-9-22-10-4-11)20-7-5-19-6-8-20/h1-2,11,15,19,21H,3-10H2/t15-/m1/s1. The van der Waals surface area contributed by atoms with Crippen molar-refractivity contribution in [2.75, 3.05) is 39.4 Å². The molecule has 2 aliphatic rings. The van der Waals surface area contributed by atoms with Gasteiger partial charge in [-0.15, -0.1) is 0 Å². The number of aromatic hydroxyl groups is 1. The Bertz CT molecular complexity index is 499. The minimum atomic E-state index is 0.149. The summed E-state index contributed by atoms with van der Waals surface area (Å²) in [5.74, 6) is 0.743. The Balaban J connectivity index is 1.98. The summed E-state index contributed by atoms with van der Waals surface area (Å²) in [7, 11) is 0. The molecule has 0 radical (unpaired) electrons. The number of phenols is 1. The van der Waals surface area contributed by atoms with Crippen LogP contribution in [-0.2, 0) is 4.74 Å². The second-order valence-electron chi connectivity index (χ2n) is 5.97. The molecule has 0 unspecified atom stereocenters. The normalized spacial score (nSPS) is 22.6. The Kier molecular flexibility index (Phi) is 5.63. The van der Waals surface area contributed by atoms with Crippen molar-refractivity contribution in [2.45, 2.75) is 18.9 Å². The zero-order chi connectivity index (χ0) is 15.5. The topological polar surface area (TPSA) is 44.7 Å². The first-order valence-electron chi connectivity index (χ1n) is 7.88. The minimum absolute atomic E-state index is 0.149. The van der Waals surface area contributed by atoms with E-state index in [9.17, 15) is 5.11 Å². The van der Waals surface area contributed by atoms with E-state index in [1.165, 1.54) is 0 Å². The van der Waals surface area contributed by atoms with Gasteiger partial charge in [-0.1, -0.05) is 11.6 Å². The molecule has 0 aromatic heterocycles. The maximum Gasteiger partial charge on any atom is 0.136 e. The Labute approximate surface area is 144 Å². The maximum absolute atomic E-state index is 10.6. The molecule has 122 valence electrons. The van der Waals surface area contributed by atoms with Crippen LogP contribution in [0.2, 0.25) is 5.02 Å². The molecule has 22 heavy (non-hydrogen) atoms. The van der Waals surface area contributed by atoms with Gasteiger partial charge in [0.1, 0.15) is 5.75 Å². The molecule has 2 saturated heterocycles. The first kappa shape index (κ1) is 16.5. The molecule has 2 aliphatic heterocycles. The lowest BCUT2D eigenvalue weighted by Gasteiger charge is -2.41. The summed E-state index contributed by atoms with van der Waals surface area (Å²) in [5, 5.41) is 14.6. The van der Waals surface area contributed by atoms with Crippen molar-refractivity contribution < 1.29 is 9.84 Å². The van der Waals surface area contributed by atoms with Gasteiger partial charge in [-0.25, -0.2) is 0 Å². The zero-order valence-electron chi connectivity index (χ0n) is 12.5. The van der Waals surface area contributed by atoms with Crippen LogP contribution in [0.3, 0.4) is 0 Å². The number of nitrogens with one attached hydrogen (secondary N) is 1. The van der Waals surface area contributed by atoms with Crippen LogP contribution in [0.1, 0.15) is 24.4 Å². The van der Waals surface area contributed by atoms with Gasteiger partial charge >= 0.3 is 0 Å². The number of rotatable bonds is 3. The molecule has 0 aliphatic carbocycles. The van der Waals surface area contributed by atoms with Crippen LogP contribution in [0.25, 0.3) is 0 Å². The highest BCUT2D eigenvalue weighted by Crippen LogP contribution is 2.45. The van der Waals surface area contributed by atoms with Gasteiger partial charge in [0.2, 0.25) is 0 Å². The fraction of sp³-hybridized carbons (Fsp3) is 0.625. The van der Waals surface area contributed by atoms with Crippen molar-refractivity contribution in [1.29, 1.82) is 0 Å². The molecule has 0 bridgehead atoms. The van der Waals surface area contributed by atoms with Crippen LogP contribution in [0, 0.1) is 5.92 Å². The Morgan fingerprint density at radius 3 is 2.64 bits per heavy atom. The van der Waals surface area contributed by atoms with Gasteiger partial charge in [0.15, 0.2) is 0 Å². The third kappa shape index (κ3) is 3.44. The highest BCUT2D eigenvalue weighted by atomic mass is 79.9. The highest BCUT2D eigenvalue weighted by molar-refractivity contribution is 9.10. The van der Waals surface area contributed by atoms with Crippen LogP contribution >= 0.6 is 27.5 Å². The van der Waals surface area contributed by atoms with Crippen molar-refractivity contribution >= 4 is 27.5 Å². The number of hydrogen-bond acceptors (Lipinski definition) is 4. The zero-order valence-corrected chi connectivity index (χ0v) is 14.9. The van der Waals surface area contributed by atoms with Crippen LogP contribution in [0.5, 0.6) is 5.75 Å². The largest absolute Gasteiger partial charge is 0.506 e. The van der Waals surface area contributed by atoms with Crippen LogP contribution in [-0.4, -0.2) is 49.4 Å². The molecule has 2 fully saturated rings. The van der Waals surface area contributed by atoms with Crippen LogP contribution in [0.4, 0.5) is 0 Å². The monoisotopic (exact) mass is 388 g/mol. The van der Waals surface area contributed by atoms with E-state index in [1.807, 2.05) is 6.07 Å². The van der Waals surface area contributed by atoms with E-state index in [1.54, 1.807) is 6.07 Å². The molecule has 6 heteroatoms. The fourth-order valence-electron chi connectivity index (χ4n) is 3.55. The van der Waals surface area contributed by atoms with Gasteiger partial charge in [-0.2, -0.15) is 0 Å². The average molecular weight is 390 g/mol. The number of benzene rings is 1. The molecule has 2 N–H and O–H groups in total. The summed E-state index contributed by atoms with van der Waals surface area (Å²) in [5.41, 5.74) is 0.866. The summed E-state index contributed by atoms with van der Waals surface area (Å²) in [6.45, 7) is 5.49. The summed E-state index contributed by atoms with van der Waals surface area (Å²) in [6, 6.07) is 3.82. The van der Waals surface area contributed by atoms with Crippen molar-refractivity contribution in [1.82, 2.24) is 10.2 Å². The molecule has 0 amide bonds. The quantitative estimate of drug-likeness (QED) is 0.833. The summed E-state index contributed by atoms with van der Waals surface area (Å²) < 4.78 is 6.23. The number of ether oxygens (including phenoxy) is 1. The van der Waals surface area contributed by atoms with Gasteiger partial charge in [-0.05, 0) is 46.8 Å². The van der Waals surface area contributed by atoms with E-state index in [0.717, 1.165) is 57.8 Å². The predicted octanol–water partition coefficient (Wildman–Crippen LogP) is 3.18. The molecule has 1 aromatic rings. The van der Waals surface area contributed by atoms with Crippen molar-refractivity contribution in [3.8, 4) is 5.75 Å². The maximum atomic E-state index is 10.6. The molecule has 4 nitrogen and oxygen atoms in total. The first-order valence-corrected chi connectivity index (χ1v) is 9.05.